The minimum atomic E-state index is -0.128. The fourth-order valence-corrected chi connectivity index (χ4v) is 7.98. The zero-order chi connectivity index (χ0) is 19.5. The van der Waals surface area contributed by atoms with Gasteiger partial charge in [-0.05, 0) is 103 Å². The van der Waals surface area contributed by atoms with Gasteiger partial charge in [0.05, 0.1) is 0 Å². The highest BCUT2D eigenvalue weighted by Crippen LogP contribution is 2.66. The van der Waals surface area contributed by atoms with Gasteiger partial charge in [-0.2, -0.15) is 0 Å². The van der Waals surface area contributed by atoms with E-state index in [-0.39, 0.29) is 5.41 Å². The minimum absolute atomic E-state index is 0.128. The number of carbonyl (C=O) groups excluding carboxylic acids is 1. The quantitative estimate of drug-likeness (QED) is 0.454. The number of fused-ring (bicyclic) bond motifs is 5. The highest BCUT2D eigenvalue weighted by molar-refractivity contribution is 6.30. The van der Waals surface area contributed by atoms with E-state index < -0.39 is 0 Å². The first-order valence-electron chi connectivity index (χ1n) is 11.4. The summed E-state index contributed by atoms with van der Waals surface area (Å²) in [5.74, 6) is 3.51. The lowest BCUT2D eigenvalue weighted by atomic mass is 9.45. The molecule has 150 valence electrons. The number of benzene rings is 1. The van der Waals surface area contributed by atoms with Crippen molar-refractivity contribution in [3.8, 4) is 0 Å². The summed E-state index contributed by atoms with van der Waals surface area (Å²) in [7, 11) is 0. The molecule has 5 rings (SSSR count). The summed E-state index contributed by atoms with van der Waals surface area (Å²) in [5, 5.41) is 0.751. The van der Waals surface area contributed by atoms with Crippen LogP contribution in [0.25, 0.3) is 6.08 Å². The number of hydrogen-bond donors (Lipinski definition) is 0. The zero-order valence-corrected chi connectivity index (χ0v) is 18.1. The van der Waals surface area contributed by atoms with E-state index in [4.69, 9.17) is 11.6 Å². The number of Topliss-reactive ketones (excluding diaryl/α,β-unsaturated/α-hetero) is 1. The highest BCUT2D eigenvalue weighted by atomic mass is 35.5. The Morgan fingerprint density at radius 3 is 2.54 bits per heavy atom. The number of halogens is 1. The topological polar surface area (TPSA) is 17.1 Å². The minimum Gasteiger partial charge on any atom is -0.294 e. The maximum Gasteiger partial charge on any atom is 0.165 e. The first kappa shape index (κ1) is 18.9. The molecule has 4 fully saturated rings. The molecule has 0 saturated heterocycles. The molecule has 4 aliphatic rings. The molecule has 6 unspecified atom stereocenters. The number of carbonyl (C=O) groups is 1. The van der Waals surface area contributed by atoms with Crippen molar-refractivity contribution in [2.75, 3.05) is 0 Å². The van der Waals surface area contributed by atoms with Gasteiger partial charge in [-0.25, -0.2) is 0 Å². The van der Waals surface area contributed by atoms with Crippen LogP contribution >= 0.6 is 11.6 Å². The number of allylic oxidation sites excluding steroid dienone is 1. The predicted octanol–water partition coefficient (Wildman–Crippen LogP) is 7.34. The van der Waals surface area contributed by atoms with Crippen molar-refractivity contribution in [2.24, 2.45) is 34.5 Å². The molecule has 0 radical (unpaired) electrons. The van der Waals surface area contributed by atoms with Crippen molar-refractivity contribution in [1.29, 1.82) is 0 Å². The van der Waals surface area contributed by atoms with Gasteiger partial charge in [-0.1, -0.05) is 50.4 Å². The molecular formula is C26H33ClO. The third-order valence-corrected chi connectivity index (χ3v) is 9.69. The van der Waals surface area contributed by atoms with E-state index in [1.165, 1.54) is 44.9 Å². The lowest BCUT2D eigenvalue weighted by molar-refractivity contribution is -0.137. The van der Waals surface area contributed by atoms with Crippen LogP contribution in [0, 0.1) is 34.5 Å². The SMILES string of the molecule is CC12CCC3C(CCC4CCCCC43C)C1C/C(=C\c1ccc(Cl)cc1)C2=O. The van der Waals surface area contributed by atoms with Crippen molar-refractivity contribution >= 4 is 23.5 Å². The largest absolute Gasteiger partial charge is 0.294 e. The van der Waals surface area contributed by atoms with E-state index >= 15 is 0 Å². The molecule has 0 N–H and O–H groups in total. The Kier molecular flexibility index (Phi) is 4.54. The van der Waals surface area contributed by atoms with E-state index in [0.717, 1.165) is 46.8 Å². The Bertz CT molecular complexity index is 808. The molecule has 2 heteroatoms. The number of hydrogen-bond acceptors (Lipinski definition) is 1. The van der Waals surface area contributed by atoms with Gasteiger partial charge in [0, 0.05) is 10.4 Å². The molecule has 6 atom stereocenters. The van der Waals surface area contributed by atoms with Crippen molar-refractivity contribution in [2.45, 2.75) is 71.6 Å². The molecule has 0 aliphatic heterocycles. The Morgan fingerprint density at radius 2 is 1.75 bits per heavy atom. The monoisotopic (exact) mass is 396 g/mol. The van der Waals surface area contributed by atoms with Crippen LogP contribution in [0.5, 0.6) is 0 Å². The van der Waals surface area contributed by atoms with Crippen LogP contribution in [0.3, 0.4) is 0 Å². The summed E-state index contributed by atoms with van der Waals surface area (Å²) in [4.78, 5) is 13.5. The second-order valence-electron chi connectivity index (χ2n) is 10.6. The fraction of sp³-hybridized carbons (Fsp3) is 0.654. The van der Waals surface area contributed by atoms with Crippen molar-refractivity contribution in [3.05, 3.63) is 40.4 Å². The summed E-state index contributed by atoms with van der Waals surface area (Å²) in [6.45, 7) is 4.89. The van der Waals surface area contributed by atoms with Crippen LogP contribution in [0.15, 0.2) is 29.8 Å². The smallest absolute Gasteiger partial charge is 0.165 e. The van der Waals surface area contributed by atoms with E-state index in [2.05, 4.69) is 19.9 Å². The Balaban J connectivity index is 1.45. The van der Waals surface area contributed by atoms with Gasteiger partial charge in [0.25, 0.3) is 0 Å². The third kappa shape index (κ3) is 2.76. The van der Waals surface area contributed by atoms with Gasteiger partial charge in [0.2, 0.25) is 0 Å². The Morgan fingerprint density at radius 1 is 0.964 bits per heavy atom. The van der Waals surface area contributed by atoms with Crippen molar-refractivity contribution in [3.63, 3.8) is 0 Å². The maximum atomic E-state index is 13.5. The van der Waals surface area contributed by atoms with Gasteiger partial charge < -0.3 is 0 Å². The molecule has 1 aromatic rings. The van der Waals surface area contributed by atoms with E-state index in [9.17, 15) is 4.79 Å². The first-order chi connectivity index (χ1) is 13.4. The van der Waals surface area contributed by atoms with Crippen molar-refractivity contribution in [1.82, 2.24) is 0 Å². The van der Waals surface area contributed by atoms with Crippen LogP contribution in [-0.2, 0) is 4.79 Å². The summed E-state index contributed by atoms with van der Waals surface area (Å²) >= 11 is 6.04. The van der Waals surface area contributed by atoms with Gasteiger partial charge >= 0.3 is 0 Å². The lowest BCUT2D eigenvalue weighted by Gasteiger charge is -2.59. The van der Waals surface area contributed by atoms with Crippen LogP contribution in [0.2, 0.25) is 5.02 Å². The standard InChI is InChI=1S/C26H33ClO/c1-25-13-4-3-5-19(25)8-11-21-22(25)12-14-26(2)23(21)16-18(24(26)28)15-17-6-9-20(27)10-7-17/h6-7,9-10,15,19,21-23H,3-5,8,11-14,16H2,1-2H3/b18-15+. The molecule has 0 aromatic heterocycles. The van der Waals surface area contributed by atoms with Gasteiger partial charge in [-0.3, -0.25) is 4.79 Å². The molecule has 0 amide bonds. The van der Waals surface area contributed by atoms with E-state index in [1.54, 1.807) is 0 Å². The highest BCUT2D eigenvalue weighted by Gasteiger charge is 2.60. The van der Waals surface area contributed by atoms with Crippen LogP contribution in [0.1, 0.15) is 77.2 Å². The molecule has 0 bridgehead atoms. The molecule has 1 aromatic carbocycles. The van der Waals surface area contributed by atoms with Crippen LogP contribution < -0.4 is 0 Å². The molecular weight excluding hydrogens is 364 g/mol. The predicted molar refractivity (Wildman–Crippen MR) is 116 cm³/mol. The molecule has 28 heavy (non-hydrogen) atoms. The van der Waals surface area contributed by atoms with Crippen LogP contribution in [-0.4, -0.2) is 5.78 Å². The van der Waals surface area contributed by atoms with E-state index in [1.807, 2.05) is 24.3 Å². The molecule has 0 heterocycles. The van der Waals surface area contributed by atoms with Gasteiger partial charge in [0.15, 0.2) is 5.78 Å². The molecule has 4 aliphatic carbocycles. The maximum absolute atomic E-state index is 13.5. The number of ketones is 1. The average Bonchev–Trinajstić information content (AvgIpc) is 2.94. The van der Waals surface area contributed by atoms with Crippen molar-refractivity contribution < 1.29 is 4.79 Å². The van der Waals surface area contributed by atoms with Crippen LogP contribution in [0.4, 0.5) is 0 Å². The molecule has 0 spiro atoms. The molecule has 4 saturated carbocycles. The second kappa shape index (κ2) is 6.73. The summed E-state index contributed by atoms with van der Waals surface area (Å²) < 4.78 is 0. The summed E-state index contributed by atoms with van der Waals surface area (Å²) in [6, 6.07) is 7.90. The summed E-state index contributed by atoms with van der Waals surface area (Å²) in [6.07, 6.45) is 14.0. The average molecular weight is 397 g/mol. The molecule has 1 nitrogen and oxygen atoms in total. The van der Waals surface area contributed by atoms with E-state index in [0.29, 0.717) is 17.1 Å². The van der Waals surface area contributed by atoms with Gasteiger partial charge in [-0.15, -0.1) is 0 Å². The van der Waals surface area contributed by atoms with Gasteiger partial charge in [0.1, 0.15) is 0 Å². The Hall–Kier alpha value is -1.08. The summed E-state index contributed by atoms with van der Waals surface area (Å²) in [5.41, 5.74) is 2.58. The number of rotatable bonds is 1. The Labute approximate surface area is 174 Å². The first-order valence-corrected chi connectivity index (χ1v) is 11.8. The zero-order valence-electron chi connectivity index (χ0n) is 17.3. The lowest BCUT2D eigenvalue weighted by Crippen LogP contribution is -2.52. The fourth-order valence-electron chi connectivity index (χ4n) is 7.85. The third-order valence-electron chi connectivity index (χ3n) is 9.43. The second-order valence-corrected chi connectivity index (χ2v) is 11.0. The normalized spacial score (nSPS) is 44.1.